The summed E-state index contributed by atoms with van der Waals surface area (Å²) in [6.07, 6.45) is 20.4. The molecule has 0 spiro atoms. The Morgan fingerprint density at radius 2 is 1.45 bits per heavy atom. The second-order valence-corrected chi connectivity index (χ2v) is 14.5. The molecule has 1 aromatic heterocycles. The molecule has 44 heavy (non-hydrogen) atoms. The summed E-state index contributed by atoms with van der Waals surface area (Å²) in [5.41, 5.74) is 6.29. The van der Waals surface area contributed by atoms with Crippen LogP contribution < -0.4 is 0 Å². The van der Waals surface area contributed by atoms with Crippen molar-refractivity contribution in [2.24, 2.45) is 11.8 Å². The first-order valence-corrected chi connectivity index (χ1v) is 17.1. The Hall–Kier alpha value is -2.29. The van der Waals surface area contributed by atoms with Gasteiger partial charge in [-0.05, 0) is 78.0 Å². The van der Waals surface area contributed by atoms with Gasteiger partial charge in [-0.3, -0.25) is 4.79 Å². The van der Waals surface area contributed by atoms with Gasteiger partial charge in [0.05, 0.1) is 5.76 Å². The Labute approximate surface area is 279 Å². The molecule has 0 atom stereocenters. The van der Waals surface area contributed by atoms with Crippen LogP contribution in [0, 0.1) is 24.8 Å². The first-order valence-electron chi connectivity index (χ1n) is 17.1. The van der Waals surface area contributed by atoms with E-state index in [9.17, 15) is 9.90 Å². The number of carbonyl (C=O) groups is 1. The van der Waals surface area contributed by atoms with E-state index in [4.69, 9.17) is 4.98 Å². The molecule has 0 saturated heterocycles. The van der Waals surface area contributed by atoms with Gasteiger partial charge in [0.15, 0.2) is 5.78 Å². The van der Waals surface area contributed by atoms with Crippen LogP contribution in [-0.2, 0) is 30.3 Å². The largest absolute Gasteiger partial charge is 0.512 e. The van der Waals surface area contributed by atoms with Crippen LogP contribution in [0.5, 0.6) is 0 Å². The van der Waals surface area contributed by atoms with E-state index in [1.54, 1.807) is 6.08 Å². The molecule has 3 saturated carbocycles. The van der Waals surface area contributed by atoms with Gasteiger partial charge in [-0.15, -0.1) is 34.9 Å². The van der Waals surface area contributed by atoms with Crippen molar-refractivity contribution in [3.8, 4) is 11.3 Å². The van der Waals surface area contributed by atoms with Crippen LogP contribution in [0.4, 0.5) is 0 Å². The molecule has 0 bridgehead atoms. The van der Waals surface area contributed by atoms with Gasteiger partial charge in [0, 0.05) is 44.2 Å². The number of benzene rings is 2. The smallest absolute Gasteiger partial charge is 0.162 e. The van der Waals surface area contributed by atoms with Gasteiger partial charge in [-0.25, -0.2) is 0 Å². The Morgan fingerprint density at radius 1 is 0.841 bits per heavy atom. The SMILES string of the molecule is Cc1[c-]c(-c2nccc3cc(C4CCCC4)ccc23)cc(C(C)(C)C)c1.O=C(/C=C(\O)C1CCCCC1)C1CCCCC1.[Ir]. The normalized spacial score (nSPS) is 18.9. The maximum absolute atomic E-state index is 12.0. The third-order valence-corrected chi connectivity index (χ3v) is 10.1. The molecule has 3 nitrogen and oxygen atoms in total. The van der Waals surface area contributed by atoms with E-state index in [0.29, 0.717) is 5.76 Å². The van der Waals surface area contributed by atoms with E-state index in [-0.39, 0.29) is 43.1 Å². The molecule has 3 aliphatic rings. The van der Waals surface area contributed by atoms with E-state index >= 15 is 0 Å². The summed E-state index contributed by atoms with van der Waals surface area (Å²) in [7, 11) is 0. The summed E-state index contributed by atoms with van der Waals surface area (Å²) in [4.78, 5) is 16.8. The van der Waals surface area contributed by atoms with Crippen LogP contribution in [-0.4, -0.2) is 15.9 Å². The number of pyridine rings is 1. The zero-order valence-electron chi connectivity index (χ0n) is 27.4. The number of hydrogen-bond donors (Lipinski definition) is 1. The minimum atomic E-state index is 0. The second-order valence-electron chi connectivity index (χ2n) is 14.5. The molecule has 1 radical (unpaired) electrons. The van der Waals surface area contributed by atoms with Crippen LogP contribution in [0.2, 0.25) is 0 Å². The van der Waals surface area contributed by atoms with E-state index in [1.807, 2.05) is 6.20 Å². The number of aryl methyl sites for hydroxylation is 1. The fraction of sp³-hybridized carbons (Fsp3) is 0.550. The Balaban J connectivity index is 0.000000214. The molecule has 239 valence electrons. The van der Waals surface area contributed by atoms with Crippen LogP contribution in [0.15, 0.2) is 54.4 Å². The molecule has 3 aliphatic carbocycles. The molecule has 0 aliphatic heterocycles. The number of aliphatic hydroxyl groups is 1. The minimum Gasteiger partial charge on any atom is -0.512 e. The summed E-state index contributed by atoms with van der Waals surface area (Å²) in [5.74, 6) is 1.73. The molecule has 0 unspecified atom stereocenters. The molecule has 3 aromatic rings. The average molecular weight is 771 g/mol. The summed E-state index contributed by atoms with van der Waals surface area (Å²) in [6.45, 7) is 8.91. The number of aromatic nitrogens is 1. The summed E-state index contributed by atoms with van der Waals surface area (Å²) in [6, 6.07) is 17.2. The van der Waals surface area contributed by atoms with Crippen LogP contribution in [0.3, 0.4) is 0 Å². The van der Waals surface area contributed by atoms with Crippen molar-refractivity contribution in [3.63, 3.8) is 0 Å². The van der Waals surface area contributed by atoms with Crippen molar-refractivity contribution in [1.29, 1.82) is 0 Å². The molecular weight excluding hydrogens is 719 g/mol. The molecule has 0 amide bonds. The second kappa shape index (κ2) is 15.8. The van der Waals surface area contributed by atoms with Gasteiger partial charge in [0.2, 0.25) is 0 Å². The van der Waals surface area contributed by atoms with Crippen LogP contribution in [0.1, 0.15) is 133 Å². The fourth-order valence-electron chi connectivity index (χ4n) is 7.37. The number of hydrogen-bond acceptors (Lipinski definition) is 3. The predicted molar refractivity (Wildman–Crippen MR) is 180 cm³/mol. The summed E-state index contributed by atoms with van der Waals surface area (Å²) < 4.78 is 0. The maximum atomic E-state index is 12.0. The van der Waals surface area contributed by atoms with E-state index < -0.39 is 0 Å². The first-order chi connectivity index (χ1) is 20.7. The predicted octanol–water partition coefficient (Wildman–Crippen LogP) is 11.1. The third-order valence-electron chi connectivity index (χ3n) is 10.1. The number of carbonyl (C=O) groups excluding carboxylic acids is 1. The van der Waals surface area contributed by atoms with Crippen molar-refractivity contribution in [2.45, 2.75) is 129 Å². The third kappa shape index (κ3) is 8.91. The van der Waals surface area contributed by atoms with E-state index in [1.165, 1.54) is 91.7 Å². The average Bonchev–Trinajstić information content (AvgIpc) is 3.56. The number of aliphatic hydroxyl groups excluding tert-OH is 1. The Morgan fingerprint density at radius 3 is 2.09 bits per heavy atom. The quantitative estimate of drug-likeness (QED) is 0.160. The van der Waals surface area contributed by atoms with E-state index in [0.717, 1.165) is 42.9 Å². The molecular formula is C40H52IrNO2-. The number of nitrogens with zero attached hydrogens (tertiary/aromatic N) is 1. The monoisotopic (exact) mass is 771 g/mol. The number of rotatable bonds is 5. The molecule has 3 fully saturated rings. The van der Waals surface area contributed by atoms with Crippen molar-refractivity contribution >= 4 is 16.6 Å². The molecule has 1 N–H and O–H groups in total. The minimum absolute atomic E-state index is 0. The van der Waals surface area contributed by atoms with Crippen molar-refractivity contribution in [2.75, 3.05) is 0 Å². The maximum Gasteiger partial charge on any atom is 0.162 e. The van der Waals surface area contributed by atoms with Crippen LogP contribution >= 0.6 is 0 Å². The zero-order chi connectivity index (χ0) is 30.4. The van der Waals surface area contributed by atoms with Crippen LogP contribution in [0.25, 0.3) is 22.0 Å². The van der Waals surface area contributed by atoms with Gasteiger partial charge in [-0.2, -0.15) is 0 Å². The molecule has 2 aromatic carbocycles. The standard InChI is InChI=1S/C25H28N.C15H24O2.Ir/c1-17-13-21(16-22(14-17)25(2,3)4)24-23-10-9-19(18-7-5-6-8-18)15-20(23)11-12-26-24;16-14(12-7-3-1-4-8-12)11-15(17)13-9-5-2-6-10-13;/h9-12,14-16,18H,5-8H2,1-4H3;11-13,16H,1-10H2;/q-1;;/b;14-11-;. The van der Waals surface area contributed by atoms with Crippen molar-refractivity contribution in [1.82, 2.24) is 4.98 Å². The fourth-order valence-corrected chi connectivity index (χ4v) is 7.37. The summed E-state index contributed by atoms with van der Waals surface area (Å²) in [5, 5.41) is 12.5. The van der Waals surface area contributed by atoms with Gasteiger partial charge in [-0.1, -0.05) is 97.3 Å². The van der Waals surface area contributed by atoms with Gasteiger partial charge in [0.25, 0.3) is 0 Å². The van der Waals surface area contributed by atoms with Gasteiger partial charge >= 0.3 is 0 Å². The number of allylic oxidation sites excluding steroid dienone is 2. The summed E-state index contributed by atoms with van der Waals surface area (Å²) >= 11 is 0. The zero-order valence-corrected chi connectivity index (χ0v) is 29.8. The topological polar surface area (TPSA) is 50.2 Å². The molecule has 6 rings (SSSR count). The number of fused-ring (bicyclic) bond motifs is 1. The molecule has 1 heterocycles. The van der Waals surface area contributed by atoms with Gasteiger partial charge in [0.1, 0.15) is 0 Å². The Kier molecular flexibility index (Phi) is 12.4. The van der Waals surface area contributed by atoms with Gasteiger partial charge < -0.3 is 10.1 Å². The van der Waals surface area contributed by atoms with Crippen molar-refractivity contribution < 1.29 is 30.0 Å². The molecule has 4 heteroatoms. The van der Waals surface area contributed by atoms with E-state index in [2.05, 4.69) is 70.2 Å². The Bertz CT molecular complexity index is 1420. The van der Waals surface area contributed by atoms with Crippen molar-refractivity contribution in [3.05, 3.63) is 77.2 Å². The number of ketones is 1. The first kappa shape index (κ1) is 34.6.